The van der Waals surface area contributed by atoms with Crippen molar-refractivity contribution in [2.24, 2.45) is 5.73 Å². The van der Waals surface area contributed by atoms with Crippen LogP contribution in [0.25, 0.3) is 0 Å². The summed E-state index contributed by atoms with van der Waals surface area (Å²) in [6, 6.07) is 2.15. The molecule has 3 nitrogen and oxygen atoms in total. The zero-order valence-electron chi connectivity index (χ0n) is 11.3. The standard InChI is InChI=1S/C15H24N2O/c1-2-8-18-15-11-17-14(9-13(15)10-16)12-6-4-3-5-7-12/h9,11-12H,2-8,10,16H2,1H3. The van der Waals surface area contributed by atoms with Crippen LogP contribution in [0.5, 0.6) is 5.75 Å². The van der Waals surface area contributed by atoms with Gasteiger partial charge in [-0.25, -0.2) is 0 Å². The second-order valence-corrected chi connectivity index (χ2v) is 5.10. The van der Waals surface area contributed by atoms with Crippen molar-refractivity contribution in [3.63, 3.8) is 0 Å². The van der Waals surface area contributed by atoms with Gasteiger partial charge in [0.2, 0.25) is 0 Å². The molecule has 1 saturated carbocycles. The molecule has 2 N–H and O–H groups in total. The van der Waals surface area contributed by atoms with Crippen molar-refractivity contribution in [1.29, 1.82) is 0 Å². The fourth-order valence-electron chi connectivity index (χ4n) is 2.63. The van der Waals surface area contributed by atoms with E-state index in [1.165, 1.54) is 37.8 Å². The fourth-order valence-corrected chi connectivity index (χ4v) is 2.63. The van der Waals surface area contributed by atoms with Crippen LogP contribution in [0.15, 0.2) is 12.3 Å². The van der Waals surface area contributed by atoms with Gasteiger partial charge >= 0.3 is 0 Å². The van der Waals surface area contributed by atoms with Crippen LogP contribution in [-0.4, -0.2) is 11.6 Å². The predicted molar refractivity (Wildman–Crippen MR) is 73.7 cm³/mol. The average molecular weight is 248 g/mol. The molecule has 0 unspecified atom stereocenters. The first-order valence-corrected chi connectivity index (χ1v) is 7.16. The quantitative estimate of drug-likeness (QED) is 0.869. The largest absolute Gasteiger partial charge is 0.492 e. The Hall–Kier alpha value is -1.09. The number of pyridine rings is 1. The second-order valence-electron chi connectivity index (χ2n) is 5.10. The highest BCUT2D eigenvalue weighted by atomic mass is 16.5. The lowest BCUT2D eigenvalue weighted by Crippen LogP contribution is -2.10. The highest BCUT2D eigenvalue weighted by Gasteiger charge is 2.18. The zero-order chi connectivity index (χ0) is 12.8. The smallest absolute Gasteiger partial charge is 0.142 e. The Bertz CT molecular complexity index is 373. The minimum Gasteiger partial charge on any atom is -0.492 e. The second kappa shape index (κ2) is 6.74. The molecule has 3 heteroatoms. The third kappa shape index (κ3) is 3.22. The van der Waals surface area contributed by atoms with E-state index in [2.05, 4.69) is 18.0 Å². The van der Waals surface area contributed by atoms with Crippen molar-refractivity contribution < 1.29 is 4.74 Å². The Morgan fingerprint density at radius 1 is 1.33 bits per heavy atom. The number of nitrogens with zero attached hydrogens (tertiary/aromatic N) is 1. The van der Waals surface area contributed by atoms with E-state index in [-0.39, 0.29) is 0 Å². The molecular weight excluding hydrogens is 224 g/mol. The van der Waals surface area contributed by atoms with Gasteiger partial charge in [0.25, 0.3) is 0 Å². The van der Waals surface area contributed by atoms with Gasteiger partial charge in [-0.05, 0) is 25.3 Å². The van der Waals surface area contributed by atoms with E-state index in [0.717, 1.165) is 24.3 Å². The summed E-state index contributed by atoms with van der Waals surface area (Å²) in [7, 11) is 0. The van der Waals surface area contributed by atoms with E-state index < -0.39 is 0 Å². The van der Waals surface area contributed by atoms with Crippen molar-refractivity contribution in [2.45, 2.75) is 57.9 Å². The highest BCUT2D eigenvalue weighted by molar-refractivity contribution is 5.33. The topological polar surface area (TPSA) is 48.1 Å². The lowest BCUT2D eigenvalue weighted by Gasteiger charge is -2.22. The highest BCUT2D eigenvalue weighted by Crippen LogP contribution is 2.33. The molecule has 1 aromatic heterocycles. The van der Waals surface area contributed by atoms with Gasteiger partial charge in [0.05, 0.1) is 12.8 Å². The van der Waals surface area contributed by atoms with Crippen molar-refractivity contribution in [3.05, 3.63) is 23.5 Å². The van der Waals surface area contributed by atoms with Crippen molar-refractivity contribution >= 4 is 0 Å². The number of rotatable bonds is 5. The van der Waals surface area contributed by atoms with E-state index in [1.54, 1.807) is 0 Å². The van der Waals surface area contributed by atoms with Crippen LogP contribution in [-0.2, 0) is 6.54 Å². The molecule has 0 atom stereocenters. The molecule has 18 heavy (non-hydrogen) atoms. The molecule has 0 aromatic carbocycles. The average Bonchev–Trinajstić information content (AvgIpc) is 2.46. The summed E-state index contributed by atoms with van der Waals surface area (Å²) in [6.45, 7) is 3.37. The first kappa shape index (κ1) is 13.3. The number of nitrogens with two attached hydrogens (primary N) is 1. The molecule has 0 spiro atoms. The molecule has 1 aliphatic rings. The number of hydrogen-bond donors (Lipinski definition) is 1. The maximum atomic E-state index is 5.81. The van der Waals surface area contributed by atoms with Crippen molar-refractivity contribution in [3.8, 4) is 5.75 Å². The van der Waals surface area contributed by atoms with Gasteiger partial charge in [-0.3, -0.25) is 4.98 Å². The Labute approximate surface area is 110 Å². The number of hydrogen-bond acceptors (Lipinski definition) is 3. The molecule has 0 radical (unpaired) electrons. The summed E-state index contributed by atoms with van der Waals surface area (Å²) in [5.41, 5.74) is 8.12. The van der Waals surface area contributed by atoms with Crippen LogP contribution >= 0.6 is 0 Å². The normalized spacial score (nSPS) is 16.8. The summed E-state index contributed by atoms with van der Waals surface area (Å²) in [5, 5.41) is 0. The Balaban J connectivity index is 2.12. The van der Waals surface area contributed by atoms with Gasteiger partial charge < -0.3 is 10.5 Å². The number of ether oxygens (including phenoxy) is 1. The number of aromatic nitrogens is 1. The van der Waals surface area contributed by atoms with E-state index in [9.17, 15) is 0 Å². The first-order valence-electron chi connectivity index (χ1n) is 7.16. The van der Waals surface area contributed by atoms with Crippen LogP contribution in [0.4, 0.5) is 0 Å². The maximum absolute atomic E-state index is 5.81. The molecule has 100 valence electrons. The van der Waals surface area contributed by atoms with Gasteiger partial charge in [0, 0.05) is 23.7 Å². The molecule has 1 aliphatic carbocycles. The molecular formula is C15H24N2O. The minimum atomic E-state index is 0.529. The molecule has 0 aliphatic heterocycles. The summed E-state index contributed by atoms with van der Waals surface area (Å²) < 4.78 is 5.68. The Kier molecular flexibility index (Phi) is 5.00. The predicted octanol–water partition coefficient (Wildman–Crippen LogP) is 3.38. The van der Waals surface area contributed by atoms with Gasteiger partial charge in [-0.15, -0.1) is 0 Å². The van der Waals surface area contributed by atoms with Gasteiger partial charge in [-0.1, -0.05) is 26.2 Å². The lowest BCUT2D eigenvalue weighted by molar-refractivity contribution is 0.312. The molecule has 1 aromatic rings. The Morgan fingerprint density at radius 2 is 2.11 bits per heavy atom. The SMILES string of the molecule is CCCOc1cnc(C2CCCCC2)cc1CN. The molecule has 0 saturated heterocycles. The summed E-state index contributed by atoms with van der Waals surface area (Å²) in [5.74, 6) is 1.49. The zero-order valence-corrected chi connectivity index (χ0v) is 11.3. The monoisotopic (exact) mass is 248 g/mol. The van der Waals surface area contributed by atoms with Gasteiger partial charge in [-0.2, -0.15) is 0 Å². The van der Waals surface area contributed by atoms with Crippen LogP contribution < -0.4 is 10.5 Å². The summed E-state index contributed by atoms with van der Waals surface area (Å²) in [6.07, 6.45) is 9.45. The summed E-state index contributed by atoms with van der Waals surface area (Å²) in [4.78, 5) is 4.58. The fraction of sp³-hybridized carbons (Fsp3) is 0.667. The van der Waals surface area contributed by atoms with Crippen molar-refractivity contribution in [1.82, 2.24) is 4.98 Å². The van der Waals surface area contributed by atoms with E-state index in [1.807, 2.05) is 6.20 Å². The van der Waals surface area contributed by atoms with Crippen molar-refractivity contribution in [2.75, 3.05) is 6.61 Å². The summed E-state index contributed by atoms with van der Waals surface area (Å²) >= 11 is 0. The Morgan fingerprint density at radius 3 is 2.78 bits per heavy atom. The molecule has 2 rings (SSSR count). The van der Waals surface area contributed by atoms with Crippen LogP contribution in [0, 0.1) is 0 Å². The molecule has 1 heterocycles. The van der Waals surface area contributed by atoms with E-state index in [4.69, 9.17) is 10.5 Å². The minimum absolute atomic E-state index is 0.529. The van der Waals surface area contributed by atoms with Gasteiger partial charge in [0.15, 0.2) is 0 Å². The van der Waals surface area contributed by atoms with Crippen LogP contribution in [0.1, 0.15) is 62.6 Å². The lowest BCUT2D eigenvalue weighted by atomic mass is 9.86. The third-order valence-corrected chi connectivity index (χ3v) is 3.67. The van der Waals surface area contributed by atoms with Crippen LogP contribution in [0.3, 0.4) is 0 Å². The third-order valence-electron chi connectivity index (χ3n) is 3.67. The first-order chi connectivity index (χ1) is 8.85. The van der Waals surface area contributed by atoms with Gasteiger partial charge in [0.1, 0.15) is 5.75 Å². The molecule has 1 fully saturated rings. The molecule has 0 bridgehead atoms. The van der Waals surface area contributed by atoms with E-state index >= 15 is 0 Å². The van der Waals surface area contributed by atoms with Crippen LogP contribution in [0.2, 0.25) is 0 Å². The molecule has 0 amide bonds. The van der Waals surface area contributed by atoms with E-state index in [0.29, 0.717) is 12.5 Å². The maximum Gasteiger partial charge on any atom is 0.142 e.